The van der Waals surface area contributed by atoms with Crippen molar-refractivity contribution in [1.29, 1.82) is 0 Å². The summed E-state index contributed by atoms with van der Waals surface area (Å²) in [5.41, 5.74) is 3.13. The Morgan fingerprint density at radius 2 is 2.07 bits per heavy atom. The van der Waals surface area contributed by atoms with E-state index in [2.05, 4.69) is 15.1 Å². The standard InChI is InChI=1S/C19H18FN5OS/c1-3-24(16-6-4-14(20)5-7-16)11-15-8-17(26)25-18(13-9-21-22-10-13)12(2)27-19(25)23-15/h4-10H,3,11H2,1-2H3,(H,21,22). The number of rotatable bonds is 5. The SMILES string of the molecule is CCN(Cc1cc(=O)n2c(-c3cn[nH]c3)c(C)sc2n1)c1ccc(F)cc1. The highest BCUT2D eigenvalue weighted by molar-refractivity contribution is 7.17. The van der Waals surface area contributed by atoms with Gasteiger partial charge in [-0.05, 0) is 38.1 Å². The van der Waals surface area contributed by atoms with Crippen LogP contribution in [0.4, 0.5) is 10.1 Å². The molecule has 0 saturated carbocycles. The molecule has 0 saturated heterocycles. The van der Waals surface area contributed by atoms with Crippen LogP contribution in [0.3, 0.4) is 0 Å². The van der Waals surface area contributed by atoms with Crippen LogP contribution in [0.1, 0.15) is 17.5 Å². The molecule has 8 heteroatoms. The Morgan fingerprint density at radius 1 is 1.30 bits per heavy atom. The first-order chi connectivity index (χ1) is 13.1. The Kier molecular flexibility index (Phi) is 4.49. The molecule has 1 aromatic carbocycles. The summed E-state index contributed by atoms with van der Waals surface area (Å²) < 4.78 is 14.8. The summed E-state index contributed by atoms with van der Waals surface area (Å²) in [6.45, 7) is 5.18. The number of halogens is 1. The van der Waals surface area contributed by atoms with Gasteiger partial charge < -0.3 is 4.90 Å². The average molecular weight is 383 g/mol. The fraction of sp³-hybridized carbons (Fsp3) is 0.211. The lowest BCUT2D eigenvalue weighted by molar-refractivity contribution is 0.627. The van der Waals surface area contributed by atoms with Crippen LogP contribution in [0.5, 0.6) is 0 Å². The van der Waals surface area contributed by atoms with Gasteiger partial charge >= 0.3 is 0 Å². The molecule has 0 bridgehead atoms. The average Bonchev–Trinajstić information content (AvgIpc) is 3.27. The number of nitrogens with zero attached hydrogens (tertiary/aromatic N) is 4. The second-order valence-electron chi connectivity index (χ2n) is 6.19. The molecule has 0 aliphatic rings. The number of aromatic nitrogens is 4. The molecule has 3 heterocycles. The van der Waals surface area contributed by atoms with Gasteiger partial charge in [-0.1, -0.05) is 0 Å². The first kappa shape index (κ1) is 17.4. The number of hydrogen-bond donors (Lipinski definition) is 1. The number of hydrogen-bond acceptors (Lipinski definition) is 5. The molecule has 0 unspecified atom stereocenters. The van der Waals surface area contributed by atoms with Crippen LogP contribution in [-0.2, 0) is 6.54 Å². The van der Waals surface area contributed by atoms with E-state index in [1.54, 1.807) is 35.0 Å². The zero-order chi connectivity index (χ0) is 19.0. The van der Waals surface area contributed by atoms with Crippen LogP contribution >= 0.6 is 11.3 Å². The second-order valence-corrected chi connectivity index (χ2v) is 7.37. The topological polar surface area (TPSA) is 66.3 Å². The number of aromatic amines is 1. The molecule has 0 amide bonds. The Morgan fingerprint density at radius 3 is 2.74 bits per heavy atom. The minimum atomic E-state index is -0.270. The van der Waals surface area contributed by atoms with Crippen LogP contribution in [0, 0.1) is 12.7 Å². The van der Waals surface area contributed by atoms with E-state index in [4.69, 9.17) is 4.98 Å². The van der Waals surface area contributed by atoms with Gasteiger partial charge in [0.25, 0.3) is 5.56 Å². The summed E-state index contributed by atoms with van der Waals surface area (Å²) >= 11 is 1.48. The molecule has 4 rings (SSSR count). The molecule has 0 atom stereocenters. The third-order valence-electron chi connectivity index (χ3n) is 4.44. The van der Waals surface area contributed by atoms with E-state index in [1.807, 2.05) is 13.8 Å². The highest BCUT2D eigenvalue weighted by Crippen LogP contribution is 2.29. The van der Waals surface area contributed by atoms with Gasteiger partial charge in [-0.15, -0.1) is 11.3 Å². The number of anilines is 1. The Balaban J connectivity index is 1.73. The fourth-order valence-corrected chi connectivity index (χ4v) is 4.17. The summed E-state index contributed by atoms with van der Waals surface area (Å²) in [5, 5.41) is 6.76. The Labute approximate surface area is 158 Å². The molecule has 3 aromatic heterocycles. The molecular formula is C19H18FN5OS. The van der Waals surface area contributed by atoms with Crippen molar-refractivity contribution in [2.45, 2.75) is 20.4 Å². The number of thiazole rings is 1. The molecule has 6 nitrogen and oxygen atoms in total. The smallest absolute Gasteiger partial charge is 0.259 e. The number of aryl methyl sites for hydroxylation is 1. The van der Waals surface area contributed by atoms with Crippen molar-refractivity contribution in [3.8, 4) is 11.3 Å². The predicted octanol–water partition coefficient (Wildman–Crippen LogP) is 3.62. The maximum absolute atomic E-state index is 13.2. The summed E-state index contributed by atoms with van der Waals surface area (Å²) in [7, 11) is 0. The fourth-order valence-electron chi connectivity index (χ4n) is 3.15. The first-order valence-electron chi connectivity index (χ1n) is 8.58. The van der Waals surface area contributed by atoms with Crippen molar-refractivity contribution >= 4 is 22.0 Å². The third kappa shape index (κ3) is 3.23. The third-order valence-corrected chi connectivity index (χ3v) is 5.40. The van der Waals surface area contributed by atoms with E-state index in [9.17, 15) is 9.18 Å². The summed E-state index contributed by atoms with van der Waals surface area (Å²) in [6, 6.07) is 7.90. The van der Waals surface area contributed by atoms with E-state index >= 15 is 0 Å². The molecule has 0 aliphatic heterocycles. The van der Waals surface area contributed by atoms with E-state index in [0.29, 0.717) is 17.2 Å². The molecule has 138 valence electrons. The van der Waals surface area contributed by atoms with Gasteiger partial charge in [0.15, 0.2) is 4.96 Å². The van der Waals surface area contributed by atoms with E-state index in [0.717, 1.165) is 28.4 Å². The summed E-state index contributed by atoms with van der Waals surface area (Å²) in [6.07, 6.45) is 3.46. The second kappa shape index (κ2) is 6.96. The van der Waals surface area contributed by atoms with Crippen molar-refractivity contribution in [2.24, 2.45) is 0 Å². The van der Waals surface area contributed by atoms with Crippen molar-refractivity contribution in [3.05, 3.63) is 69.5 Å². The normalized spacial score (nSPS) is 11.2. The lowest BCUT2D eigenvalue weighted by Gasteiger charge is -2.22. The van der Waals surface area contributed by atoms with Crippen LogP contribution in [0.2, 0.25) is 0 Å². The van der Waals surface area contributed by atoms with Crippen molar-refractivity contribution in [2.75, 3.05) is 11.4 Å². The summed E-state index contributed by atoms with van der Waals surface area (Å²) in [4.78, 5) is 21.2. The molecule has 1 N–H and O–H groups in total. The van der Waals surface area contributed by atoms with Gasteiger partial charge in [0, 0.05) is 34.9 Å². The Hall–Kier alpha value is -3.00. The monoisotopic (exact) mass is 383 g/mol. The minimum Gasteiger partial charge on any atom is -0.366 e. The number of benzene rings is 1. The van der Waals surface area contributed by atoms with Crippen molar-refractivity contribution < 1.29 is 4.39 Å². The summed E-state index contributed by atoms with van der Waals surface area (Å²) in [5.74, 6) is -0.270. The van der Waals surface area contributed by atoms with Crippen LogP contribution in [-0.4, -0.2) is 26.1 Å². The predicted molar refractivity (Wildman–Crippen MR) is 105 cm³/mol. The molecule has 0 aliphatic carbocycles. The van der Waals surface area contributed by atoms with Crippen LogP contribution in [0.25, 0.3) is 16.2 Å². The van der Waals surface area contributed by atoms with E-state index in [-0.39, 0.29) is 11.4 Å². The number of nitrogens with one attached hydrogen (secondary N) is 1. The van der Waals surface area contributed by atoms with Gasteiger partial charge in [-0.25, -0.2) is 9.37 Å². The van der Waals surface area contributed by atoms with Gasteiger partial charge in [-0.3, -0.25) is 14.3 Å². The van der Waals surface area contributed by atoms with Gasteiger partial charge in [0.1, 0.15) is 5.82 Å². The Bertz CT molecular complexity index is 1130. The molecule has 0 radical (unpaired) electrons. The van der Waals surface area contributed by atoms with Crippen LogP contribution in [0.15, 0.2) is 47.5 Å². The molecular weight excluding hydrogens is 365 g/mol. The maximum Gasteiger partial charge on any atom is 0.259 e. The van der Waals surface area contributed by atoms with Gasteiger partial charge in [0.2, 0.25) is 0 Å². The van der Waals surface area contributed by atoms with Crippen molar-refractivity contribution in [3.63, 3.8) is 0 Å². The lowest BCUT2D eigenvalue weighted by Crippen LogP contribution is -2.24. The highest BCUT2D eigenvalue weighted by Gasteiger charge is 2.16. The minimum absolute atomic E-state index is 0.120. The van der Waals surface area contributed by atoms with Crippen molar-refractivity contribution in [1.82, 2.24) is 19.6 Å². The molecule has 27 heavy (non-hydrogen) atoms. The number of fused-ring (bicyclic) bond motifs is 1. The van der Waals surface area contributed by atoms with Gasteiger partial charge in [-0.2, -0.15) is 5.10 Å². The zero-order valence-electron chi connectivity index (χ0n) is 14.9. The molecule has 0 fully saturated rings. The van der Waals surface area contributed by atoms with E-state index in [1.165, 1.54) is 23.5 Å². The maximum atomic E-state index is 13.2. The highest BCUT2D eigenvalue weighted by atomic mass is 32.1. The number of H-pyrrole nitrogens is 1. The van der Waals surface area contributed by atoms with Gasteiger partial charge in [0.05, 0.1) is 24.1 Å². The van der Waals surface area contributed by atoms with Crippen LogP contribution < -0.4 is 10.5 Å². The quantitative estimate of drug-likeness (QED) is 0.572. The largest absolute Gasteiger partial charge is 0.366 e. The first-order valence-corrected chi connectivity index (χ1v) is 9.40. The molecule has 4 aromatic rings. The lowest BCUT2D eigenvalue weighted by atomic mass is 10.2. The van der Waals surface area contributed by atoms with E-state index < -0.39 is 0 Å². The zero-order valence-corrected chi connectivity index (χ0v) is 15.8. The molecule has 0 spiro atoms.